The van der Waals surface area contributed by atoms with Crippen LogP contribution in [-0.2, 0) is 20.0 Å². The first-order chi connectivity index (χ1) is 8.74. The fourth-order valence-electron chi connectivity index (χ4n) is 2.15. The first kappa shape index (κ1) is 12.8. The van der Waals surface area contributed by atoms with Crippen molar-refractivity contribution in [2.75, 3.05) is 6.54 Å². The molecule has 1 aromatic heterocycles. The fourth-order valence-corrected chi connectivity index (χ4v) is 2.15. The molecule has 0 bridgehead atoms. The van der Waals surface area contributed by atoms with Crippen LogP contribution in [0.5, 0.6) is 0 Å². The predicted molar refractivity (Wildman–Crippen MR) is 75.4 cm³/mol. The van der Waals surface area contributed by atoms with E-state index in [1.54, 1.807) is 0 Å². The highest BCUT2D eigenvalue weighted by molar-refractivity contribution is 5.66. The molecule has 2 aromatic rings. The molecular formula is C15H21N3. The second-order valence-corrected chi connectivity index (χ2v) is 4.50. The van der Waals surface area contributed by atoms with Gasteiger partial charge in [0.2, 0.25) is 0 Å². The van der Waals surface area contributed by atoms with E-state index < -0.39 is 0 Å². The van der Waals surface area contributed by atoms with Crippen molar-refractivity contribution in [1.82, 2.24) is 15.1 Å². The van der Waals surface area contributed by atoms with Gasteiger partial charge < -0.3 is 5.32 Å². The van der Waals surface area contributed by atoms with Crippen molar-refractivity contribution < 1.29 is 0 Å². The summed E-state index contributed by atoms with van der Waals surface area (Å²) in [6.45, 7) is 6.19. The SMILES string of the molecule is CCNCc1cccc(-c2cn(C)nc2CC)c1. The molecule has 3 heteroatoms. The third-order valence-electron chi connectivity index (χ3n) is 3.06. The van der Waals surface area contributed by atoms with Gasteiger partial charge in [0.25, 0.3) is 0 Å². The van der Waals surface area contributed by atoms with Crippen LogP contribution in [0.25, 0.3) is 11.1 Å². The molecule has 3 nitrogen and oxygen atoms in total. The number of nitrogens with one attached hydrogen (secondary N) is 1. The van der Waals surface area contributed by atoms with Crippen LogP contribution in [0.3, 0.4) is 0 Å². The van der Waals surface area contributed by atoms with Crippen molar-refractivity contribution >= 4 is 0 Å². The lowest BCUT2D eigenvalue weighted by molar-refractivity contribution is 0.727. The number of aryl methyl sites for hydroxylation is 2. The molecule has 0 aliphatic heterocycles. The number of nitrogens with zero attached hydrogens (tertiary/aromatic N) is 2. The summed E-state index contributed by atoms with van der Waals surface area (Å²) >= 11 is 0. The van der Waals surface area contributed by atoms with E-state index in [-0.39, 0.29) is 0 Å². The maximum atomic E-state index is 4.50. The summed E-state index contributed by atoms with van der Waals surface area (Å²) in [6.07, 6.45) is 3.07. The first-order valence-electron chi connectivity index (χ1n) is 6.57. The Morgan fingerprint density at radius 1 is 1.28 bits per heavy atom. The van der Waals surface area contributed by atoms with Crippen molar-refractivity contribution in [1.29, 1.82) is 0 Å². The van der Waals surface area contributed by atoms with Crippen molar-refractivity contribution in [2.24, 2.45) is 7.05 Å². The van der Waals surface area contributed by atoms with Crippen LogP contribution in [-0.4, -0.2) is 16.3 Å². The molecule has 1 N–H and O–H groups in total. The maximum absolute atomic E-state index is 4.50. The second-order valence-electron chi connectivity index (χ2n) is 4.50. The molecule has 0 saturated heterocycles. The van der Waals surface area contributed by atoms with Gasteiger partial charge in [-0.1, -0.05) is 32.0 Å². The van der Waals surface area contributed by atoms with Gasteiger partial charge in [-0.05, 0) is 30.2 Å². The summed E-state index contributed by atoms with van der Waals surface area (Å²) in [5.41, 5.74) is 4.99. The molecule has 0 unspecified atom stereocenters. The van der Waals surface area contributed by atoms with Crippen LogP contribution in [0.1, 0.15) is 25.1 Å². The van der Waals surface area contributed by atoms with Crippen LogP contribution >= 0.6 is 0 Å². The molecule has 0 radical (unpaired) electrons. The second kappa shape index (κ2) is 5.83. The fraction of sp³-hybridized carbons (Fsp3) is 0.400. The van der Waals surface area contributed by atoms with Crippen LogP contribution in [0.2, 0.25) is 0 Å². The summed E-state index contributed by atoms with van der Waals surface area (Å²) in [5, 5.41) is 7.85. The Morgan fingerprint density at radius 2 is 2.11 bits per heavy atom. The van der Waals surface area contributed by atoms with Crippen LogP contribution in [0.4, 0.5) is 0 Å². The Morgan fingerprint density at radius 3 is 2.83 bits per heavy atom. The van der Waals surface area contributed by atoms with E-state index in [0.717, 1.165) is 25.2 Å². The zero-order valence-corrected chi connectivity index (χ0v) is 11.4. The van der Waals surface area contributed by atoms with E-state index in [1.165, 1.54) is 16.7 Å². The molecule has 0 saturated carbocycles. The smallest absolute Gasteiger partial charge is 0.0700 e. The lowest BCUT2D eigenvalue weighted by Crippen LogP contribution is -2.11. The van der Waals surface area contributed by atoms with Crippen molar-refractivity contribution in [3.63, 3.8) is 0 Å². The molecule has 1 heterocycles. The van der Waals surface area contributed by atoms with Crippen LogP contribution in [0, 0.1) is 0 Å². The third-order valence-corrected chi connectivity index (χ3v) is 3.06. The van der Waals surface area contributed by atoms with Gasteiger partial charge in [-0.3, -0.25) is 4.68 Å². The Kier molecular flexibility index (Phi) is 4.15. The first-order valence-corrected chi connectivity index (χ1v) is 6.57. The van der Waals surface area contributed by atoms with E-state index in [2.05, 4.69) is 54.7 Å². The minimum atomic E-state index is 0.923. The highest BCUT2D eigenvalue weighted by atomic mass is 15.2. The highest BCUT2D eigenvalue weighted by Gasteiger charge is 2.08. The minimum absolute atomic E-state index is 0.923. The highest BCUT2D eigenvalue weighted by Crippen LogP contribution is 2.24. The zero-order valence-electron chi connectivity index (χ0n) is 11.4. The largest absolute Gasteiger partial charge is 0.313 e. The molecular weight excluding hydrogens is 222 g/mol. The van der Waals surface area contributed by atoms with Gasteiger partial charge >= 0.3 is 0 Å². The monoisotopic (exact) mass is 243 g/mol. The molecule has 0 aliphatic rings. The van der Waals surface area contributed by atoms with Crippen molar-refractivity contribution in [3.8, 4) is 11.1 Å². The van der Waals surface area contributed by atoms with E-state index in [1.807, 2.05) is 11.7 Å². The molecule has 18 heavy (non-hydrogen) atoms. The minimum Gasteiger partial charge on any atom is -0.313 e. The Labute approximate surface area is 109 Å². The molecule has 0 amide bonds. The average Bonchev–Trinajstić information content (AvgIpc) is 2.78. The number of rotatable bonds is 5. The molecule has 0 atom stereocenters. The van der Waals surface area contributed by atoms with Gasteiger partial charge in [-0.25, -0.2) is 0 Å². The Balaban J connectivity index is 2.31. The summed E-state index contributed by atoms with van der Waals surface area (Å²) in [6, 6.07) is 8.69. The number of aromatic nitrogens is 2. The number of hydrogen-bond donors (Lipinski definition) is 1. The van der Waals surface area contributed by atoms with E-state index in [0.29, 0.717) is 0 Å². The summed E-state index contributed by atoms with van der Waals surface area (Å²) < 4.78 is 1.89. The van der Waals surface area contributed by atoms with Gasteiger partial charge in [-0.15, -0.1) is 0 Å². The van der Waals surface area contributed by atoms with Gasteiger partial charge in [0.1, 0.15) is 0 Å². The van der Waals surface area contributed by atoms with Crippen LogP contribution in [0.15, 0.2) is 30.5 Å². The topological polar surface area (TPSA) is 29.9 Å². The predicted octanol–water partition coefficient (Wildman–Crippen LogP) is 2.76. The van der Waals surface area contributed by atoms with Gasteiger partial charge in [0.05, 0.1) is 5.69 Å². The summed E-state index contributed by atoms with van der Waals surface area (Å²) in [4.78, 5) is 0. The Bertz CT molecular complexity index is 514. The van der Waals surface area contributed by atoms with E-state index in [9.17, 15) is 0 Å². The average molecular weight is 243 g/mol. The third kappa shape index (κ3) is 2.79. The van der Waals surface area contributed by atoms with Crippen molar-refractivity contribution in [2.45, 2.75) is 26.8 Å². The molecule has 0 aliphatic carbocycles. The summed E-state index contributed by atoms with van der Waals surface area (Å²) in [5.74, 6) is 0. The Hall–Kier alpha value is -1.61. The molecule has 0 spiro atoms. The lowest BCUT2D eigenvalue weighted by Gasteiger charge is -2.05. The zero-order chi connectivity index (χ0) is 13.0. The van der Waals surface area contributed by atoms with Gasteiger partial charge in [-0.2, -0.15) is 5.10 Å². The molecule has 1 aromatic carbocycles. The maximum Gasteiger partial charge on any atom is 0.0700 e. The van der Waals surface area contributed by atoms with Crippen LogP contribution < -0.4 is 5.32 Å². The molecule has 0 fully saturated rings. The number of benzene rings is 1. The lowest BCUT2D eigenvalue weighted by atomic mass is 10.0. The van der Waals surface area contributed by atoms with Gasteiger partial charge in [0.15, 0.2) is 0 Å². The van der Waals surface area contributed by atoms with Gasteiger partial charge in [0, 0.05) is 25.4 Å². The van der Waals surface area contributed by atoms with E-state index in [4.69, 9.17) is 0 Å². The molecule has 2 rings (SSSR count). The molecule has 96 valence electrons. The van der Waals surface area contributed by atoms with E-state index >= 15 is 0 Å². The summed E-state index contributed by atoms with van der Waals surface area (Å²) in [7, 11) is 1.98. The normalized spacial score (nSPS) is 10.8. The van der Waals surface area contributed by atoms with Crippen molar-refractivity contribution in [3.05, 3.63) is 41.7 Å². The number of hydrogen-bond acceptors (Lipinski definition) is 2. The standard InChI is InChI=1S/C15H21N3/c1-4-15-14(11-18(3)17-15)13-8-6-7-12(9-13)10-16-5-2/h6-9,11,16H,4-5,10H2,1-3H3. The quantitative estimate of drug-likeness (QED) is 0.875.